The van der Waals surface area contributed by atoms with Crippen LogP contribution in [-0.4, -0.2) is 24.9 Å². The molecular weight excluding hydrogens is 152 g/mol. The van der Waals surface area contributed by atoms with Crippen LogP contribution in [0.5, 0.6) is 0 Å². The normalized spacial score (nSPS) is 17.8. The third kappa shape index (κ3) is 1.78. The summed E-state index contributed by atoms with van der Waals surface area (Å²) in [5.74, 6) is -0.251. The summed E-state index contributed by atoms with van der Waals surface area (Å²) in [7, 11) is 3.92. The summed E-state index contributed by atoms with van der Waals surface area (Å²) in [6, 6.07) is 0. The number of allylic oxidation sites excluding steroid dienone is 1. The maximum Gasteiger partial charge on any atom is 0.246 e. The minimum Gasteiger partial charge on any atom is -0.381 e. The summed E-state index contributed by atoms with van der Waals surface area (Å²) < 4.78 is 0. The molecular formula is C9H16N2O. The molecule has 0 saturated carbocycles. The average molecular weight is 168 g/mol. The Morgan fingerprint density at radius 1 is 1.33 bits per heavy atom. The number of hydrogen-bond donors (Lipinski definition) is 1. The molecule has 1 rings (SSSR count). The monoisotopic (exact) mass is 168 g/mol. The van der Waals surface area contributed by atoms with Gasteiger partial charge in [-0.15, -0.1) is 0 Å². The van der Waals surface area contributed by atoms with Crippen molar-refractivity contribution in [3.8, 4) is 0 Å². The fourth-order valence-electron chi connectivity index (χ4n) is 1.65. The fraction of sp³-hybridized carbons (Fsp3) is 0.667. The molecule has 0 aromatic heterocycles. The molecule has 0 fully saturated rings. The number of nitrogens with two attached hydrogens (primary N) is 1. The number of hydrogen-bond acceptors (Lipinski definition) is 2. The van der Waals surface area contributed by atoms with E-state index in [0.29, 0.717) is 0 Å². The van der Waals surface area contributed by atoms with Gasteiger partial charge in [0.05, 0.1) is 0 Å². The first-order valence-corrected chi connectivity index (χ1v) is 4.32. The largest absolute Gasteiger partial charge is 0.381 e. The van der Waals surface area contributed by atoms with Crippen LogP contribution in [-0.2, 0) is 4.79 Å². The highest BCUT2D eigenvalue weighted by Crippen LogP contribution is 2.25. The zero-order chi connectivity index (χ0) is 9.14. The molecule has 12 heavy (non-hydrogen) atoms. The topological polar surface area (TPSA) is 46.3 Å². The Morgan fingerprint density at radius 3 is 2.33 bits per heavy atom. The third-order valence-corrected chi connectivity index (χ3v) is 2.28. The van der Waals surface area contributed by atoms with Crippen molar-refractivity contribution in [2.24, 2.45) is 5.73 Å². The van der Waals surface area contributed by atoms with Crippen LogP contribution in [0.3, 0.4) is 0 Å². The van der Waals surface area contributed by atoms with Gasteiger partial charge in [0.25, 0.3) is 0 Å². The van der Waals surface area contributed by atoms with E-state index in [9.17, 15) is 4.79 Å². The van der Waals surface area contributed by atoms with Gasteiger partial charge in [-0.3, -0.25) is 4.79 Å². The predicted octanol–water partition coefficient (Wildman–Crippen LogP) is 0.861. The summed E-state index contributed by atoms with van der Waals surface area (Å²) >= 11 is 0. The van der Waals surface area contributed by atoms with Crippen molar-refractivity contribution in [3.63, 3.8) is 0 Å². The van der Waals surface area contributed by atoms with Gasteiger partial charge in [-0.1, -0.05) is 0 Å². The quantitative estimate of drug-likeness (QED) is 0.664. The lowest BCUT2D eigenvalue weighted by Crippen LogP contribution is -2.24. The zero-order valence-electron chi connectivity index (χ0n) is 7.76. The van der Waals surface area contributed by atoms with Gasteiger partial charge in [0.1, 0.15) is 0 Å². The van der Waals surface area contributed by atoms with E-state index in [0.717, 1.165) is 30.5 Å². The van der Waals surface area contributed by atoms with E-state index >= 15 is 0 Å². The minimum atomic E-state index is -0.251. The molecule has 0 saturated heterocycles. The molecule has 0 heterocycles. The molecule has 0 radical (unpaired) electrons. The minimum absolute atomic E-state index is 0.251. The second-order valence-electron chi connectivity index (χ2n) is 3.39. The molecule has 0 unspecified atom stereocenters. The van der Waals surface area contributed by atoms with Crippen molar-refractivity contribution in [2.75, 3.05) is 14.1 Å². The van der Waals surface area contributed by atoms with Crippen molar-refractivity contribution in [1.29, 1.82) is 0 Å². The molecule has 68 valence electrons. The Labute approximate surface area is 73.2 Å². The SMILES string of the molecule is CN(C)C1=C(C(N)=O)CCCC1. The zero-order valence-corrected chi connectivity index (χ0v) is 7.76. The number of rotatable bonds is 2. The summed E-state index contributed by atoms with van der Waals surface area (Å²) in [5, 5.41) is 0. The Morgan fingerprint density at radius 2 is 1.92 bits per heavy atom. The molecule has 3 heteroatoms. The van der Waals surface area contributed by atoms with Gasteiger partial charge in [-0.05, 0) is 25.7 Å². The van der Waals surface area contributed by atoms with Crippen LogP contribution in [0, 0.1) is 0 Å². The number of primary amides is 1. The first-order chi connectivity index (χ1) is 5.63. The Kier molecular flexibility index (Phi) is 2.74. The van der Waals surface area contributed by atoms with E-state index in [1.54, 1.807) is 0 Å². The van der Waals surface area contributed by atoms with Crippen molar-refractivity contribution in [3.05, 3.63) is 11.3 Å². The van der Waals surface area contributed by atoms with Crippen LogP contribution in [0.2, 0.25) is 0 Å². The highest BCUT2D eigenvalue weighted by molar-refractivity contribution is 5.92. The fourth-order valence-corrected chi connectivity index (χ4v) is 1.65. The van der Waals surface area contributed by atoms with Crippen molar-refractivity contribution in [2.45, 2.75) is 25.7 Å². The molecule has 0 bridgehead atoms. The number of nitrogens with zero attached hydrogens (tertiary/aromatic N) is 1. The Hall–Kier alpha value is -0.990. The molecule has 1 aliphatic rings. The lowest BCUT2D eigenvalue weighted by Gasteiger charge is -2.24. The first-order valence-electron chi connectivity index (χ1n) is 4.32. The van der Waals surface area contributed by atoms with E-state index < -0.39 is 0 Å². The van der Waals surface area contributed by atoms with Gasteiger partial charge in [-0.25, -0.2) is 0 Å². The second kappa shape index (κ2) is 3.61. The second-order valence-corrected chi connectivity index (χ2v) is 3.39. The molecule has 0 aliphatic heterocycles. The van der Waals surface area contributed by atoms with Gasteiger partial charge in [-0.2, -0.15) is 0 Å². The van der Waals surface area contributed by atoms with Crippen molar-refractivity contribution < 1.29 is 4.79 Å². The summed E-state index contributed by atoms with van der Waals surface area (Å²) in [5.41, 5.74) is 7.22. The van der Waals surface area contributed by atoms with E-state index in [2.05, 4.69) is 0 Å². The van der Waals surface area contributed by atoms with Gasteiger partial charge in [0, 0.05) is 25.4 Å². The molecule has 1 aliphatic carbocycles. The molecule has 3 nitrogen and oxygen atoms in total. The molecule has 0 aromatic carbocycles. The van der Waals surface area contributed by atoms with E-state index in [-0.39, 0.29) is 5.91 Å². The van der Waals surface area contributed by atoms with E-state index in [4.69, 9.17) is 5.73 Å². The third-order valence-electron chi connectivity index (χ3n) is 2.28. The van der Waals surface area contributed by atoms with E-state index in [1.165, 1.54) is 6.42 Å². The molecule has 0 atom stereocenters. The molecule has 0 spiro atoms. The number of carbonyl (C=O) groups is 1. The van der Waals surface area contributed by atoms with Gasteiger partial charge < -0.3 is 10.6 Å². The molecule has 1 amide bonds. The Balaban J connectivity index is 2.91. The standard InChI is InChI=1S/C9H16N2O/c1-11(2)8-6-4-3-5-7(8)9(10)12/h3-6H2,1-2H3,(H2,10,12). The van der Waals surface area contributed by atoms with Crippen LogP contribution in [0.15, 0.2) is 11.3 Å². The smallest absolute Gasteiger partial charge is 0.246 e. The maximum absolute atomic E-state index is 11.0. The summed E-state index contributed by atoms with van der Waals surface area (Å²) in [6.07, 6.45) is 4.11. The van der Waals surface area contributed by atoms with Crippen molar-refractivity contribution in [1.82, 2.24) is 4.90 Å². The lowest BCUT2D eigenvalue weighted by atomic mass is 9.95. The average Bonchev–Trinajstić information content (AvgIpc) is 2.04. The van der Waals surface area contributed by atoms with Crippen LogP contribution >= 0.6 is 0 Å². The summed E-state index contributed by atoms with van der Waals surface area (Å²) in [4.78, 5) is 13.0. The molecule has 2 N–H and O–H groups in total. The lowest BCUT2D eigenvalue weighted by molar-refractivity contribution is -0.114. The van der Waals surface area contributed by atoms with Crippen molar-refractivity contribution >= 4 is 5.91 Å². The van der Waals surface area contributed by atoms with Gasteiger partial charge >= 0.3 is 0 Å². The number of amides is 1. The predicted molar refractivity (Wildman–Crippen MR) is 48.4 cm³/mol. The maximum atomic E-state index is 11.0. The number of carbonyl (C=O) groups excluding carboxylic acids is 1. The first kappa shape index (κ1) is 9.10. The van der Waals surface area contributed by atoms with Crippen LogP contribution < -0.4 is 5.73 Å². The van der Waals surface area contributed by atoms with Gasteiger partial charge in [0.2, 0.25) is 5.91 Å². The van der Waals surface area contributed by atoms with Gasteiger partial charge in [0.15, 0.2) is 0 Å². The van der Waals surface area contributed by atoms with Crippen LogP contribution in [0.1, 0.15) is 25.7 Å². The summed E-state index contributed by atoms with van der Waals surface area (Å²) in [6.45, 7) is 0. The van der Waals surface area contributed by atoms with Crippen LogP contribution in [0.4, 0.5) is 0 Å². The highest BCUT2D eigenvalue weighted by Gasteiger charge is 2.17. The van der Waals surface area contributed by atoms with Crippen LogP contribution in [0.25, 0.3) is 0 Å². The highest BCUT2D eigenvalue weighted by atomic mass is 16.1. The molecule has 0 aromatic rings. The Bertz CT molecular complexity index is 219. The van der Waals surface area contributed by atoms with E-state index in [1.807, 2.05) is 19.0 Å².